The summed E-state index contributed by atoms with van der Waals surface area (Å²) in [6, 6.07) is 7.90. The van der Waals surface area contributed by atoms with Crippen molar-refractivity contribution < 1.29 is 14.7 Å². The number of carboxylic acids is 1. The summed E-state index contributed by atoms with van der Waals surface area (Å²) in [5, 5.41) is 11.9. The first-order valence-corrected chi connectivity index (χ1v) is 7.71. The Balaban J connectivity index is 1.79. The van der Waals surface area contributed by atoms with Crippen molar-refractivity contribution in [3.8, 4) is 0 Å². The van der Waals surface area contributed by atoms with E-state index in [1.165, 1.54) is 11.8 Å². The molecule has 0 aliphatic heterocycles. The number of carbonyl (C=O) groups excluding carboxylic acids is 1. The molecule has 4 nitrogen and oxygen atoms in total. The minimum absolute atomic E-state index is 0.106. The van der Waals surface area contributed by atoms with Crippen molar-refractivity contribution in [2.75, 3.05) is 12.3 Å². The van der Waals surface area contributed by atoms with Gasteiger partial charge in [-0.3, -0.25) is 9.59 Å². The SMILES string of the molecule is Cc1ccccc1SCC(=O)NCC1(C(=O)O)CCC1. The largest absolute Gasteiger partial charge is 0.481 e. The number of rotatable bonds is 6. The summed E-state index contributed by atoms with van der Waals surface area (Å²) in [4.78, 5) is 24.1. The van der Waals surface area contributed by atoms with Gasteiger partial charge in [0.1, 0.15) is 0 Å². The van der Waals surface area contributed by atoms with Crippen LogP contribution in [0.5, 0.6) is 0 Å². The zero-order chi connectivity index (χ0) is 14.6. The van der Waals surface area contributed by atoms with Crippen molar-refractivity contribution in [3.05, 3.63) is 29.8 Å². The quantitative estimate of drug-likeness (QED) is 0.791. The van der Waals surface area contributed by atoms with Gasteiger partial charge in [-0.25, -0.2) is 0 Å². The zero-order valence-electron chi connectivity index (χ0n) is 11.5. The Morgan fingerprint density at radius 3 is 2.60 bits per heavy atom. The predicted octanol–water partition coefficient (Wildman–Crippen LogP) is 2.46. The maximum atomic E-state index is 11.8. The second-order valence-electron chi connectivity index (χ2n) is 5.27. The Kier molecular flexibility index (Phi) is 4.70. The molecule has 0 atom stereocenters. The molecule has 1 amide bonds. The van der Waals surface area contributed by atoms with Gasteiger partial charge in [0.25, 0.3) is 0 Å². The Bertz CT molecular complexity index is 512. The van der Waals surface area contributed by atoms with Crippen LogP contribution in [0.25, 0.3) is 0 Å². The molecule has 0 heterocycles. The Labute approximate surface area is 123 Å². The summed E-state index contributed by atoms with van der Waals surface area (Å²) in [7, 11) is 0. The molecular weight excluding hydrogens is 274 g/mol. The average Bonchev–Trinajstić information content (AvgIpc) is 2.36. The van der Waals surface area contributed by atoms with E-state index in [4.69, 9.17) is 0 Å². The highest BCUT2D eigenvalue weighted by Gasteiger charge is 2.44. The van der Waals surface area contributed by atoms with Crippen LogP contribution in [-0.4, -0.2) is 29.3 Å². The summed E-state index contributed by atoms with van der Waals surface area (Å²) in [5.41, 5.74) is 0.425. The number of carboxylic acid groups (broad SMARTS) is 1. The fourth-order valence-electron chi connectivity index (χ4n) is 2.25. The molecule has 1 aromatic rings. The number of hydrogen-bond acceptors (Lipinski definition) is 3. The van der Waals surface area contributed by atoms with Crippen molar-refractivity contribution in [3.63, 3.8) is 0 Å². The van der Waals surface area contributed by atoms with Crippen LogP contribution in [0.4, 0.5) is 0 Å². The van der Waals surface area contributed by atoms with E-state index in [0.29, 0.717) is 18.6 Å². The number of hydrogen-bond donors (Lipinski definition) is 2. The highest BCUT2D eigenvalue weighted by atomic mass is 32.2. The molecular formula is C15H19NO3S. The summed E-state index contributed by atoms with van der Waals surface area (Å²) in [5.74, 6) is -0.582. The Morgan fingerprint density at radius 1 is 1.35 bits per heavy atom. The normalized spacial score (nSPS) is 16.2. The van der Waals surface area contributed by atoms with Crippen LogP contribution in [0.15, 0.2) is 29.2 Å². The van der Waals surface area contributed by atoms with Crippen molar-refractivity contribution in [1.29, 1.82) is 0 Å². The number of carbonyl (C=O) groups is 2. The lowest BCUT2D eigenvalue weighted by atomic mass is 9.69. The van der Waals surface area contributed by atoms with E-state index >= 15 is 0 Å². The van der Waals surface area contributed by atoms with Gasteiger partial charge in [0.2, 0.25) is 5.91 Å². The molecule has 0 spiro atoms. The van der Waals surface area contributed by atoms with Gasteiger partial charge in [-0.2, -0.15) is 0 Å². The van der Waals surface area contributed by atoms with E-state index in [9.17, 15) is 14.7 Å². The predicted molar refractivity (Wildman–Crippen MR) is 78.8 cm³/mol. The molecule has 0 unspecified atom stereocenters. The zero-order valence-corrected chi connectivity index (χ0v) is 12.3. The molecule has 1 aromatic carbocycles. The van der Waals surface area contributed by atoms with Gasteiger partial charge in [-0.15, -0.1) is 11.8 Å². The third kappa shape index (κ3) is 3.33. The number of aryl methyl sites for hydroxylation is 1. The lowest BCUT2D eigenvalue weighted by molar-refractivity contribution is -0.154. The Morgan fingerprint density at radius 2 is 2.05 bits per heavy atom. The van der Waals surface area contributed by atoms with Crippen LogP contribution in [0.1, 0.15) is 24.8 Å². The maximum Gasteiger partial charge on any atom is 0.311 e. The third-order valence-corrected chi connectivity index (χ3v) is 5.02. The van der Waals surface area contributed by atoms with E-state index in [2.05, 4.69) is 5.32 Å². The van der Waals surface area contributed by atoms with Crippen molar-refractivity contribution in [2.45, 2.75) is 31.1 Å². The first-order valence-electron chi connectivity index (χ1n) is 6.72. The molecule has 5 heteroatoms. The topological polar surface area (TPSA) is 66.4 Å². The van der Waals surface area contributed by atoms with Gasteiger partial charge >= 0.3 is 5.97 Å². The van der Waals surface area contributed by atoms with Crippen LogP contribution in [0.3, 0.4) is 0 Å². The summed E-state index contributed by atoms with van der Waals surface area (Å²) in [6.07, 6.45) is 2.25. The standard InChI is InChI=1S/C15H19NO3S/c1-11-5-2-3-6-12(11)20-9-13(17)16-10-15(14(18)19)7-4-8-15/h2-3,5-6H,4,7-10H2,1H3,(H,16,17)(H,18,19). The smallest absolute Gasteiger partial charge is 0.311 e. The van der Waals surface area contributed by atoms with Gasteiger partial charge in [-0.1, -0.05) is 24.6 Å². The monoisotopic (exact) mass is 293 g/mol. The van der Waals surface area contributed by atoms with Crippen molar-refractivity contribution in [2.24, 2.45) is 5.41 Å². The minimum atomic E-state index is -0.796. The highest BCUT2D eigenvalue weighted by molar-refractivity contribution is 8.00. The number of amides is 1. The fraction of sp³-hybridized carbons (Fsp3) is 0.467. The summed E-state index contributed by atoms with van der Waals surface area (Å²) in [6.45, 7) is 2.25. The van der Waals surface area contributed by atoms with E-state index in [1.54, 1.807) is 0 Å². The van der Waals surface area contributed by atoms with Crippen LogP contribution < -0.4 is 5.32 Å². The van der Waals surface area contributed by atoms with Crippen molar-refractivity contribution >= 4 is 23.6 Å². The number of thioether (sulfide) groups is 1. The highest BCUT2D eigenvalue weighted by Crippen LogP contribution is 2.40. The molecule has 1 fully saturated rings. The number of nitrogens with one attached hydrogen (secondary N) is 1. The van der Waals surface area contributed by atoms with Gasteiger partial charge in [0.15, 0.2) is 0 Å². The molecule has 1 aliphatic rings. The lowest BCUT2D eigenvalue weighted by Gasteiger charge is -2.37. The van der Waals surface area contributed by atoms with Crippen LogP contribution in [0.2, 0.25) is 0 Å². The second-order valence-corrected chi connectivity index (χ2v) is 6.29. The van der Waals surface area contributed by atoms with Crippen LogP contribution in [0, 0.1) is 12.3 Å². The van der Waals surface area contributed by atoms with Gasteiger partial charge in [0, 0.05) is 11.4 Å². The maximum absolute atomic E-state index is 11.8. The third-order valence-electron chi connectivity index (χ3n) is 3.84. The summed E-state index contributed by atoms with van der Waals surface area (Å²) >= 11 is 1.48. The van der Waals surface area contributed by atoms with Crippen molar-refractivity contribution in [1.82, 2.24) is 5.32 Å². The average molecular weight is 293 g/mol. The first-order chi connectivity index (χ1) is 9.53. The number of benzene rings is 1. The first kappa shape index (κ1) is 14.9. The molecule has 0 radical (unpaired) electrons. The van der Waals surface area contributed by atoms with E-state index in [0.717, 1.165) is 16.9 Å². The fourth-order valence-corrected chi connectivity index (χ4v) is 3.11. The second kappa shape index (κ2) is 6.31. The van der Waals surface area contributed by atoms with Gasteiger partial charge < -0.3 is 10.4 Å². The molecule has 1 saturated carbocycles. The van der Waals surface area contributed by atoms with Crippen LogP contribution in [-0.2, 0) is 9.59 Å². The molecule has 20 heavy (non-hydrogen) atoms. The molecule has 1 aliphatic carbocycles. The molecule has 2 N–H and O–H groups in total. The van der Waals surface area contributed by atoms with Gasteiger partial charge in [-0.05, 0) is 31.4 Å². The summed E-state index contributed by atoms with van der Waals surface area (Å²) < 4.78 is 0. The van der Waals surface area contributed by atoms with E-state index < -0.39 is 11.4 Å². The molecule has 0 aromatic heterocycles. The Hall–Kier alpha value is -1.49. The molecule has 0 saturated heterocycles. The number of aliphatic carboxylic acids is 1. The van der Waals surface area contributed by atoms with Gasteiger partial charge in [0.05, 0.1) is 11.2 Å². The van der Waals surface area contributed by atoms with E-state index in [1.807, 2.05) is 31.2 Å². The minimum Gasteiger partial charge on any atom is -0.481 e. The molecule has 2 rings (SSSR count). The molecule has 0 bridgehead atoms. The molecule has 108 valence electrons. The van der Waals surface area contributed by atoms with Crippen LogP contribution >= 0.6 is 11.8 Å². The van der Waals surface area contributed by atoms with E-state index in [-0.39, 0.29) is 12.5 Å². The lowest BCUT2D eigenvalue weighted by Crippen LogP contribution is -2.47.